The number of ether oxygens (including phenoxy) is 1. The lowest BCUT2D eigenvalue weighted by Gasteiger charge is -2.08. The molecule has 0 atom stereocenters. The average Bonchev–Trinajstić information content (AvgIpc) is 2.18. The van der Waals surface area contributed by atoms with Crippen LogP contribution in [0.5, 0.6) is 5.75 Å². The Morgan fingerprint density at radius 3 is 2.71 bits per heavy atom. The SMILES string of the molecule is COc1ccc(CC#N)cc1C(F)F. The summed E-state index contributed by atoms with van der Waals surface area (Å²) in [5.41, 5.74) is 0.406. The monoisotopic (exact) mass is 197 g/mol. The molecule has 0 fully saturated rings. The molecule has 1 aromatic rings. The molecule has 0 amide bonds. The lowest BCUT2D eigenvalue weighted by Crippen LogP contribution is -1.94. The normalized spacial score (nSPS) is 9.93. The lowest BCUT2D eigenvalue weighted by atomic mass is 10.1. The molecule has 0 saturated carbocycles. The lowest BCUT2D eigenvalue weighted by molar-refractivity contribution is 0.147. The van der Waals surface area contributed by atoms with Gasteiger partial charge >= 0.3 is 0 Å². The van der Waals surface area contributed by atoms with Crippen LogP contribution in [0.25, 0.3) is 0 Å². The van der Waals surface area contributed by atoms with E-state index in [0.717, 1.165) is 0 Å². The number of hydrogen-bond acceptors (Lipinski definition) is 2. The number of nitrogens with zero attached hydrogens (tertiary/aromatic N) is 1. The Morgan fingerprint density at radius 2 is 2.21 bits per heavy atom. The molecule has 1 aromatic carbocycles. The molecule has 4 heteroatoms. The number of benzene rings is 1. The second-order valence-corrected chi connectivity index (χ2v) is 2.71. The zero-order chi connectivity index (χ0) is 10.6. The van der Waals surface area contributed by atoms with Gasteiger partial charge in [-0.2, -0.15) is 5.26 Å². The van der Waals surface area contributed by atoms with Crippen molar-refractivity contribution in [2.75, 3.05) is 7.11 Å². The molecule has 0 aliphatic heterocycles. The summed E-state index contributed by atoms with van der Waals surface area (Å²) >= 11 is 0. The van der Waals surface area contributed by atoms with Crippen LogP contribution in [0.15, 0.2) is 18.2 Å². The Balaban J connectivity index is 3.09. The van der Waals surface area contributed by atoms with Gasteiger partial charge < -0.3 is 4.74 Å². The maximum absolute atomic E-state index is 12.5. The number of alkyl halides is 2. The molecular weight excluding hydrogens is 188 g/mol. The van der Waals surface area contributed by atoms with E-state index < -0.39 is 6.43 Å². The molecule has 14 heavy (non-hydrogen) atoms. The third kappa shape index (κ3) is 2.19. The van der Waals surface area contributed by atoms with E-state index in [1.54, 1.807) is 6.07 Å². The van der Waals surface area contributed by atoms with E-state index in [2.05, 4.69) is 0 Å². The van der Waals surface area contributed by atoms with Crippen molar-refractivity contribution in [3.63, 3.8) is 0 Å². The van der Waals surface area contributed by atoms with E-state index in [-0.39, 0.29) is 17.7 Å². The minimum absolute atomic E-state index is 0.129. The van der Waals surface area contributed by atoms with Gasteiger partial charge in [0.1, 0.15) is 5.75 Å². The van der Waals surface area contributed by atoms with E-state index in [1.807, 2.05) is 6.07 Å². The first-order chi connectivity index (χ1) is 6.69. The van der Waals surface area contributed by atoms with Crippen molar-refractivity contribution in [3.8, 4) is 11.8 Å². The van der Waals surface area contributed by atoms with E-state index in [0.29, 0.717) is 5.56 Å². The van der Waals surface area contributed by atoms with Gasteiger partial charge in [0.05, 0.1) is 25.2 Å². The minimum atomic E-state index is -2.58. The standard InChI is InChI=1S/C10H9F2NO/c1-14-9-3-2-7(4-5-13)6-8(9)10(11)12/h2-3,6,10H,4H2,1H3. The Hall–Kier alpha value is -1.63. The van der Waals surface area contributed by atoms with Gasteiger partial charge in [0, 0.05) is 0 Å². The Labute approximate surface area is 80.7 Å². The van der Waals surface area contributed by atoms with Crippen LogP contribution in [0.2, 0.25) is 0 Å². The Bertz CT molecular complexity index is 358. The van der Waals surface area contributed by atoms with Crippen LogP contribution >= 0.6 is 0 Å². The molecule has 1 rings (SSSR count). The van der Waals surface area contributed by atoms with E-state index >= 15 is 0 Å². The van der Waals surface area contributed by atoms with Crippen LogP contribution in [0.1, 0.15) is 17.6 Å². The maximum atomic E-state index is 12.5. The highest BCUT2D eigenvalue weighted by Crippen LogP contribution is 2.29. The number of rotatable bonds is 3. The third-order valence-electron chi connectivity index (χ3n) is 1.81. The number of nitriles is 1. The molecule has 0 aliphatic rings. The first-order valence-corrected chi connectivity index (χ1v) is 4.01. The van der Waals surface area contributed by atoms with E-state index in [4.69, 9.17) is 10.00 Å². The molecular formula is C10H9F2NO. The summed E-state index contributed by atoms with van der Waals surface area (Å²) in [6.45, 7) is 0. The van der Waals surface area contributed by atoms with Crippen LogP contribution in [0.4, 0.5) is 8.78 Å². The highest BCUT2D eigenvalue weighted by atomic mass is 19.3. The van der Waals surface area contributed by atoms with Gasteiger partial charge in [-0.05, 0) is 17.7 Å². The van der Waals surface area contributed by atoms with Gasteiger partial charge in [0.25, 0.3) is 6.43 Å². The molecule has 0 unspecified atom stereocenters. The molecule has 2 nitrogen and oxygen atoms in total. The van der Waals surface area contributed by atoms with Crippen molar-refractivity contribution in [2.45, 2.75) is 12.8 Å². The van der Waals surface area contributed by atoms with Crippen LogP contribution < -0.4 is 4.74 Å². The molecule has 0 heterocycles. The Morgan fingerprint density at radius 1 is 1.50 bits per heavy atom. The smallest absolute Gasteiger partial charge is 0.267 e. The molecule has 74 valence electrons. The van der Waals surface area contributed by atoms with Crippen molar-refractivity contribution in [1.29, 1.82) is 5.26 Å². The molecule has 0 N–H and O–H groups in total. The first-order valence-electron chi connectivity index (χ1n) is 4.01. The summed E-state index contributed by atoms with van der Waals surface area (Å²) in [4.78, 5) is 0. The van der Waals surface area contributed by atoms with Gasteiger partial charge in [-0.1, -0.05) is 6.07 Å². The van der Waals surface area contributed by atoms with Crippen LogP contribution in [0.3, 0.4) is 0 Å². The van der Waals surface area contributed by atoms with Crippen molar-refractivity contribution < 1.29 is 13.5 Å². The second kappa shape index (κ2) is 4.56. The molecule has 0 aliphatic carbocycles. The predicted octanol–water partition coefficient (Wildman–Crippen LogP) is 2.70. The summed E-state index contributed by atoms with van der Waals surface area (Å²) in [6.07, 6.45) is -2.45. The van der Waals surface area contributed by atoms with Gasteiger partial charge in [0.2, 0.25) is 0 Å². The highest BCUT2D eigenvalue weighted by Gasteiger charge is 2.13. The van der Waals surface area contributed by atoms with Crippen molar-refractivity contribution in [1.82, 2.24) is 0 Å². The van der Waals surface area contributed by atoms with Gasteiger partial charge in [-0.15, -0.1) is 0 Å². The zero-order valence-corrected chi connectivity index (χ0v) is 7.63. The zero-order valence-electron chi connectivity index (χ0n) is 7.63. The number of methoxy groups -OCH3 is 1. The first kappa shape index (κ1) is 10.5. The molecule has 0 saturated heterocycles. The second-order valence-electron chi connectivity index (χ2n) is 2.71. The van der Waals surface area contributed by atoms with E-state index in [9.17, 15) is 8.78 Å². The average molecular weight is 197 g/mol. The molecule has 0 spiro atoms. The Kier molecular flexibility index (Phi) is 3.41. The largest absolute Gasteiger partial charge is 0.496 e. The third-order valence-corrected chi connectivity index (χ3v) is 1.81. The summed E-state index contributed by atoms with van der Waals surface area (Å²) < 4.78 is 29.7. The number of hydrogen-bond donors (Lipinski definition) is 0. The van der Waals surface area contributed by atoms with Crippen LogP contribution in [-0.4, -0.2) is 7.11 Å². The van der Waals surface area contributed by atoms with Crippen LogP contribution in [0, 0.1) is 11.3 Å². The van der Waals surface area contributed by atoms with Gasteiger partial charge in [0.15, 0.2) is 0 Å². The topological polar surface area (TPSA) is 33.0 Å². The highest BCUT2D eigenvalue weighted by molar-refractivity contribution is 5.38. The van der Waals surface area contributed by atoms with E-state index in [1.165, 1.54) is 19.2 Å². The summed E-state index contributed by atoms with van der Waals surface area (Å²) in [6, 6.07) is 6.26. The maximum Gasteiger partial charge on any atom is 0.267 e. The fourth-order valence-electron chi connectivity index (χ4n) is 1.16. The molecule has 0 aromatic heterocycles. The summed E-state index contributed by atoms with van der Waals surface area (Å²) in [5, 5.41) is 8.41. The molecule has 0 radical (unpaired) electrons. The van der Waals surface area contributed by atoms with Crippen molar-refractivity contribution in [3.05, 3.63) is 29.3 Å². The van der Waals surface area contributed by atoms with Crippen molar-refractivity contribution >= 4 is 0 Å². The van der Waals surface area contributed by atoms with Gasteiger partial charge in [-0.25, -0.2) is 8.78 Å². The van der Waals surface area contributed by atoms with Crippen LogP contribution in [-0.2, 0) is 6.42 Å². The summed E-state index contributed by atoms with van der Waals surface area (Å²) in [7, 11) is 1.34. The minimum Gasteiger partial charge on any atom is -0.496 e. The quantitative estimate of drug-likeness (QED) is 0.746. The van der Waals surface area contributed by atoms with Gasteiger partial charge in [-0.3, -0.25) is 0 Å². The van der Waals surface area contributed by atoms with Crippen molar-refractivity contribution in [2.24, 2.45) is 0 Å². The molecule has 0 bridgehead atoms. The summed E-state index contributed by atoms with van der Waals surface area (Å²) in [5.74, 6) is 0.154. The fourth-order valence-corrected chi connectivity index (χ4v) is 1.16. The number of halogens is 2. The fraction of sp³-hybridized carbons (Fsp3) is 0.300. The predicted molar refractivity (Wildman–Crippen MR) is 47.3 cm³/mol.